The van der Waals surface area contributed by atoms with Crippen LogP contribution in [0, 0.1) is 0 Å². The Balaban J connectivity index is 1.67. The second-order valence-electron chi connectivity index (χ2n) is 7.16. The zero-order valence-electron chi connectivity index (χ0n) is 14.7. The molecule has 0 bridgehead atoms. The van der Waals surface area contributed by atoms with E-state index < -0.39 is 18.6 Å². The summed E-state index contributed by atoms with van der Waals surface area (Å²) < 4.78 is 0. The van der Waals surface area contributed by atoms with E-state index in [0.29, 0.717) is 31.6 Å². The molecule has 0 amide bonds. The first-order valence-electron chi connectivity index (χ1n) is 9.06. The van der Waals surface area contributed by atoms with Crippen LogP contribution in [0.1, 0.15) is 43.6 Å². The van der Waals surface area contributed by atoms with Crippen LogP contribution in [-0.4, -0.2) is 58.3 Å². The summed E-state index contributed by atoms with van der Waals surface area (Å²) >= 11 is 0. The number of hydrogen-bond acceptors (Lipinski definition) is 5. The van der Waals surface area contributed by atoms with Gasteiger partial charge in [-0.2, -0.15) is 0 Å². The molecule has 0 saturated carbocycles. The van der Waals surface area contributed by atoms with E-state index in [4.69, 9.17) is 15.8 Å². The van der Waals surface area contributed by atoms with Crippen LogP contribution in [0.2, 0.25) is 6.32 Å². The number of likely N-dealkylation sites (tertiary alicyclic amines) is 1. The van der Waals surface area contributed by atoms with E-state index in [9.17, 15) is 9.90 Å². The highest BCUT2D eigenvalue weighted by atomic mass is 16.4. The molecule has 0 aliphatic carbocycles. The molecule has 1 unspecified atom stereocenters. The van der Waals surface area contributed by atoms with Crippen molar-refractivity contribution in [2.45, 2.75) is 49.9 Å². The fraction of sp³-hybridized carbons (Fsp3) is 0.611. The van der Waals surface area contributed by atoms with Crippen molar-refractivity contribution in [2.75, 3.05) is 19.6 Å². The first kappa shape index (κ1) is 19.9. The Morgan fingerprint density at radius 2 is 1.80 bits per heavy atom. The van der Waals surface area contributed by atoms with Crippen LogP contribution in [0.25, 0.3) is 0 Å². The van der Waals surface area contributed by atoms with Gasteiger partial charge < -0.3 is 25.8 Å². The minimum absolute atomic E-state index is 0.254. The van der Waals surface area contributed by atoms with E-state index >= 15 is 0 Å². The molecule has 0 radical (unpaired) electrons. The zero-order chi connectivity index (χ0) is 18.3. The second-order valence-corrected chi connectivity index (χ2v) is 7.16. The SMILES string of the molecule is NC(CCCCB(O)O)(CCCN1CC(c2ccccc2)C1)C(=O)O. The Kier molecular flexibility index (Phi) is 7.44. The van der Waals surface area contributed by atoms with Crippen molar-refractivity contribution < 1.29 is 19.9 Å². The van der Waals surface area contributed by atoms with Gasteiger partial charge in [0.15, 0.2) is 0 Å². The molecule has 1 heterocycles. The topological polar surface area (TPSA) is 107 Å². The number of carbonyl (C=O) groups is 1. The number of unbranched alkanes of at least 4 members (excludes halogenated alkanes) is 1. The highest BCUT2D eigenvalue weighted by molar-refractivity contribution is 6.40. The number of benzene rings is 1. The lowest BCUT2D eigenvalue weighted by Crippen LogP contribution is -2.49. The third-order valence-corrected chi connectivity index (χ3v) is 5.09. The van der Waals surface area contributed by atoms with Crippen molar-refractivity contribution in [2.24, 2.45) is 5.73 Å². The lowest BCUT2D eigenvalue weighted by Gasteiger charge is -2.40. The predicted molar refractivity (Wildman–Crippen MR) is 98.3 cm³/mol. The monoisotopic (exact) mass is 348 g/mol. The van der Waals surface area contributed by atoms with Gasteiger partial charge in [-0.15, -0.1) is 0 Å². The molecule has 1 saturated heterocycles. The number of rotatable bonds is 11. The van der Waals surface area contributed by atoms with Crippen molar-refractivity contribution >= 4 is 13.1 Å². The molecular formula is C18H29BN2O4. The molecule has 1 fully saturated rings. The van der Waals surface area contributed by atoms with Crippen molar-refractivity contribution in [3.05, 3.63) is 35.9 Å². The van der Waals surface area contributed by atoms with E-state index in [1.54, 1.807) is 0 Å². The molecule has 7 heteroatoms. The average molecular weight is 348 g/mol. The van der Waals surface area contributed by atoms with Gasteiger partial charge >= 0.3 is 13.1 Å². The first-order valence-corrected chi connectivity index (χ1v) is 9.06. The Labute approximate surface area is 149 Å². The maximum absolute atomic E-state index is 11.5. The standard InChI is InChI=1S/C18H29BN2O4/c20-18(17(22)23,9-4-5-11-19(24)25)10-6-12-21-13-16(14-21)15-7-2-1-3-8-15/h1-3,7-8,16,24-25H,4-6,9-14,20H2,(H,22,23). The molecule has 1 aromatic carbocycles. The average Bonchev–Trinajstić information content (AvgIpc) is 2.54. The molecule has 0 aromatic heterocycles. The third kappa shape index (κ3) is 6.11. The highest BCUT2D eigenvalue weighted by Crippen LogP contribution is 2.27. The van der Waals surface area contributed by atoms with Gasteiger partial charge in [-0.05, 0) is 37.7 Å². The number of nitrogens with zero attached hydrogens (tertiary/aromatic N) is 1. The molecule has 1 aliphatic heterocycles. The van der Waals surface area contributed by atoms with Gasteiger partial charge in [-0.3, -0.25) is 4.79 Å². The molecule has 1 atom stereocenters. The Morgan fingerprint density at radius 3 is 2.40 bits per heavy atom. The molecule has 1 aromatic rings. The van der Waals surface area contributed by atoms with Crippen LogP contribution in [0.5, 0.6) is 0 Å². The fourth-order valence-corrected chi connectivity index (χ4v) is 3.41. The largest absolute Gasteiger partial charge is 0.480 e. The maximum Gasteiger partial charge on any atom is 0.451 e. The normalized spacial score (nSPS) is 17.7. The van der Waals surface area contributed by atoms with Crippen LogP contribution in [0.4, 0.5) is 0 Å². The van der Waals surface area contributed by atoms with Crippen LogP contribution in [0.15, 0.2) is 30.3 Å². The Morgan fingerprint density at radius 1 is 1.16 bits per heavy atom. The van der Waals surface area contributed by atoms with E-state index in [2.05, 4.69) is 29.2 Å². The number of carboxylic acids is 1. The van der Waals surface area contributed by atoms with E-state index in [1.807, 2.05) is 6.07 Å². The van der Waals surface area contributed by atoms with Crippen LogP contribution in [0.3, 0.4) is 0 Å². The summed E-state index contributed by atoms with van der Waals surface area (Å²) in [5, 5.41) is 27.1. The van der Waals surface area contributed by atoms with Crippen molar-refractivity contribution in [1.82, 2.24) is 4.90 Å². The molecule has 0 spiro atoms. The maximum atomic E-state index is 11.5. The smallest absolute Gasteiger partial charge is 0.451 e. The quantitative estimate of drug-likeness (QED) is 0.355. The molecule has 138 valence electrons. The van der Waals surface area contributed by atoms with Gasteiger partial charge in [0.2, 0.25) is 0 Å². The van der Waals surface area contributed by atoms with Gasteiger partial charge in [0.1, 0.15) is 5.54 Å². The number of hydrogen-bond donors (Lipinski definition) is 4. The highest BCUT2D eigenvalue weighted by Gasteiger charge is 2.34. The minimum atomic E-state index is -1.33. The van der Waals surface area contributed by atoms with Crippen molar-refractivity contribution in [3.63, 3.8) is 0 Å². The summed E-state index contributed by atoms with van der Waals surface area (Å²) in [6, 6.07) is 10.4. The minimum Gasteiger partial charge on any atom is -0.480 e. The summed E-state index contributed by atoms with van der Waals surface area (Å²) in [6.45, 7) is 2.90. The van der Waals surface area contributed by atoms with Crippen LogP contribution >= 0.6 is 0 Å². The molecule has 1 aliphatic rings. The van der Waals surface area contributed by atoms with E-state index in [0.717, 1.165) is 26.1 Å². The Bertz CT molecular complexity index is 537. The molecular weight excluding hydrogens is 319 g/mol. The number of aliphatic carboxylic acids is 1. The zero-order valence-corrected chi connectivity index (χ0v) is 14.7. The van der Waals surface area contributed by atoms with Gasteiger partial charge in [0, 0.05) is 19.0 Å². The summed E-state index contributed by atoms with van der Waals surface area (Å²) in [6.07, 6.45) is 2.96. The number of carboxylic acid groups (broad SMARTS) is 1. The molecule has 6 nitrogen and oxygen atoms in total. The van der Waals surface area contributed by atoms with E-state index in [-0.39, 0.29) is 6.32 Å². The summed E-state index contributed by atoms with van der Waals surface area (Å²) in [7, 11) is -1.33. The lowest BCUT2D eigenvalue weighted by molar-refractivity contribution is -0.144. The van der Waals surface area contributed by atoms with Gasteiger partial charge in [-0.25, -0.2) is 0 Å². The fourth-order valence-electron chi connectivity index (χ4n) is 3.41. The van der Waals surface area contributed by atoms with Crippen LogP contribution < -0.4 is 5.73 Å². The second kappa shape index (κ2) is 9.34. The molecule has 2 rings (SSSR count). The molecule has 25 heavy (non-hydrogen) atoms. The van der Waals surface area contributed by atoms with Gasteiger partial charge in [0.05, 0.1) is 0 Å². The Hall–Kier alpha value is -1.41. The number of nitrogens with two attached hydrogens (primary N) is 1. The lowest BCUT2D eigenvalue weighted by atomic mass is 9.81. The summed E-state index contributed by atoms with van der Waals surface area (Å²) in [5.41, 5.74) is 6.22. The van der Waals surface area contributed by atoms with Gasteiger partial charge in [0.25, 0.3) is 0 Å². The summed E-state index contributed by atoms with van der Waals surface area (Å²) in [4.78, 5) is 13.8. The summed E-state index contributed by atoms with van der Waals surface area (Å²) in [5.74, 6) is -0.393. The predicted octanol–water partition coefficient (Wildman–Crippen LogP) is 1.29. The van der Waals surface area contributed by atoms with Crippen molar-refractivity contribution in [1.29, 1.82) is 0 Å². The third-order valence-electron chi connectivity index (χ3n) is 5.09. The van der Waals surface area contributed by atoms with Crippen LogP contribution in [-0.2, 0) is 4.79 Å². The van der Waals surface area contributed by atoms with Gasteiger partial charge in [-0.1, -0.05) is 43.2 Å². The first-order chi connectivity index (χ1) is 11.9. The van der Waals surface area contributed by atoms with Crippen molar-refractivity contribution in [3.8, 4) is 0 Å². The van der Waals surface area contributed by atoms with E-state index in [1.165, 1.54) is 5.56 Å². The molecule has 5 N–H and O–H groups in total.